The van der Waals surface area contributed by atoms with Crippen LogP contribution < -0.4 is 0 Å². The fourth-order valence-corrected chi connectivity index (χ4v) is 7.10. The minimum atomic E-state index is -3.91. The molecule has 244 valence electrons. The van der Waals surface area contributed by atoms with Crippen molar-refractivity contribution in [2.45, 2.75) is 161 Å². The predicted molar refractivity (Wildman–Crippen MR) is 172 cm³/mol. The molecule has 0 saturated carbocycles. The standard InChI is InChI=1S/C33H66NO6P/c1-6-8-9-10-11-12-13-14-15-16-17-18-19-20-21-22-23-24-25-26-27-28-33(36)39-29-31(35)30-40-41(37,38)32(7-2)34(3,4)5/h14-15,31-32,35H,6-13,16-30H2,1-5H3/p+1/b15-14-/t31-,32?/m1/s1. The van der Waals surface area contributed by atoms with Crippen molar-refractivity contribution >= 4 is 13.6 Å². The third-order valence-electron chi connectivity index (χ3n) is 7.67. The number of ether oxygens (including phenoxy) is 1. The van der Waals surface area contributed by atoms with Gasteiger partial charge in [-0.3, -0.25) is 9.36 Å². The zero-order valence-corrected chi connectivity index (χ0v) is 28.4. The lowest BCUT2D eigenvalue weighted by molar-refractivity contribution is -0.883. The molecule has 41 heavy (non-hydrogen) atoms. The normalized spacial score (nSPS) is 15.2. The Morgan fingerprint density at radius 2 is 1.17 bits per heavy atom. The van der Waals surface area contributed by atoms with Gasteiger partial charge in [-0.2, -0.15) is 0 Å². The first-order valence-electron chi connectivity index (χ1n) is 16.8. The summed E-state index contributed by atoms with van der Waals surface area (Å²) in [5.74, 6) is -0.929. The molecular weight excluding hydrogens is 537 g/mol. The maximum Gasteiger partial charge on any atom is 0.385 e. The summed E-state index contributed by atoms with van der Waals surface area (Å²) < 4.78 is 23.1. The van der Waals surface area contributed by atoms with Crippen LogP contribution in [-0.2, 0) is 18.6 Å². The second kappa shape index (κ2) is 25.7. The maximum atomic E-state index is 12.5. The van der Waals surface area contributed by atoms with Gasteiger partial charge in [0.25, 0.3) is 0 Å². The van der Waals surface area contributed by atoms with Crippen LogP contribution in [0, 0.1) is 0 Å². The number of aliphatic hydroxyl groups excluding tert-OH is 1. The molecule has 0 aliphatic heterocycles. The van der Waals surface area contributed by atoms with Gasteiger partial charge in [0.1, 0.15) is 12.7 Å². The molecule has 0 aromatic rings. The SMILES string of the molecule is CCCCCCCC/C=C\CCCCCCCCCCCCCC(=O)OC[C@@H](O)COP(=O)(O)C(CC)[N+](C)(C)C. The fourth-order valence-electron chi connectivity index (χ4n) is 5.21. The number of hydrogen-bond donors (Lipinski definition) is 2. The summed E-state index contributed by atoms with van der Waals surface area (Å²) in [6.45, 7) is 3.54. The highest BCUT2D eigenvalue weighted by atomic mass is 31.2. The van der Waals surface area contributed by atoms with Gasteiger partial charge in [-0.1, -0.05) is 116 Å². The molecule has 7 nitrogen and oxygen atoms in total. The minimum absolute atomic E-state index is 0.226. The Hall–Kier alpha value is -0.720. The van der Waals surface area contributed by atoms with Crippen LogP contribution in [0.1, 0.15) is 149 Å². The quantitative estimate of drug-likeness (QED) is 0.0291. The Morgan fingerprint density at radius 1 is 0.732 bits per heavy atom. The van der Waals surface area contributed by atoms with E-state index >= 15 is 0 Å². The van der Waals surface area contributed by atoms with E-state index in [1.165, 1.54) is 103 Å². The van der Waals surface area contributed by atoms with Gasteiger partial charge in [0, 0.05) is 12.8 Å². The van der Waals surface area contributed by atoms with Crippen molar-refractivity contribution in [3.05, 3.63) is 12.2 Å². The lowest BCUT2D eigenvalue weighted by Crippen LogP contribution is -2.45. The van der Waals surface area contributed by atoms with Gasteiger partial charge in [0.15, 0.2) is 5.78 Å². The van der Waals surface area contributed by atoms with E-state index in [0.29, 0.717) is 12.8 Å². The Bertz CT molecular complexity index is 694. The number of carbonyl (C=O) groups is 1. The third kappa shape index (κ3) is 24.4. The topological polar surface area (TPSA) is 93.1 Å². The highest BCUT2D eigenvalue weighted by Gasteiger charge is 2.41. The average Bonchev–Trinajstić information content (AvgIpc) is 2.91. The summed E-state index contributed by atoms with van der Waals surface area (Å²) in [7, 11) is 1.59. The summed E-state index contributed by atoms with van der Waals surface area (Å²) in [6, 6.07) is 0. The number of hydrogen-bond acceptors (Lipinski definition) is 5. The molecule has 0 aromatic carbocycles. The van der Waals surface area contributed by atoms with Gasteiger partial charge in [0.05, 0.1) is 27.7 Å². The van der Waals surface area contributed by atoms with Crippen molar-refractivity contribution in [2.75, 3.05) is 34.4 Å². The molecule has 0 radical (unpaired) electrons. The van der Waals surface area contributed by atoms with Crippen LogP contribution in [-0.4, -0.2) is 66.7 Å². The number of nitrogens with zero attached hydrogens (tertiary/aromatic N) is 1. The van der Waals surface area contributed by atoms with Crippen LogP contribution >= 0.6 is 7.60 Å². The van der Waals surface area contributed by atoms with Crippen molar-refractivity contribution < 1.29 is 33.1 Å². The molecule has 3 atom stereocenters. The number of carbonyl (C=O) groups excluding carboxylic acids is 1. The molecule has 0 amide bonds. The largest absolute Gasteiger partial charge is 0.463 e. The molecule has 0 spiro atoms. The van der Waals surface area contributed by atoms with Gasteiger partial charge in [-0.15, -0.1) is 0 Å². The summed E-state index contributed by atoms with van der Waals surface area (Å²) >= 11 is 0. The van der Waals surface area contributed by atoms with Crippen LogP contribution in [0.5, 0.6) is 0 Å². The molecular formula is C33H67NO6P+. The molecule has 0 rings (SSSR count). The number of aliphatic hydroxyl groups is 1. The second-order valence-corrected chi connectivity index (χ2v) is 14.6. The molecule has 2 N–H and O–H groups in total. The molecule has 0 saturated heterocycles. The number of unbranched alkanes of at least 4 members (excludes halogenated alkanes) is 17. The van der Waals surface area contributed by atoms with Crippen molar-refractivity contribution in [3.63, 3.8) is 0 Å². The Labute approximate surface area is 253 Å². The molecule has 0 aromatic heterocycles. The Kier molecular flexibility index (Phi) is 25.3. The zero-order chi connectivity index (χ0) is 30.8. The Morgan fingerprint density at radius 3 is 1.61 bits per heavy atom. The second-order valence-electron chi connectivity index (χ2n) is 12.7. The minimum Gasteiger partial charge on any atom is -0.463 e. The monoisotopic (exact) mass is 604 g/mol. The molecule has 0 heterocycles. The third-order valence-corrected chi connectivity index (χ3v) is 10.00. The first-order valence-corrected chi connectivity index (χ1v) is 18.5. The smallest absolute Gasteiger partial charge is 0.385 e. The van der Waals surface area contributed by atoms with E-state index in [4.69, 9.17) is 9.26 Å². The summed E-state index contributed by atoms with van der Waals surface area (Å²) in [6.07, 6.45) is 28.6. The predicted octanol–water partition coefficient (Wildman–Crippen LogP) is 8.91. The van der Waals surface area contributed by atoms with E-state index in [0.717, 1.165) is 19.3 Å². The summed E-state index contributed by atoms with van der Waals surface area (Å²) in [5.41, 5.74) is 0. The average molecular weight is 605 g/mol. The molecule has 0 aliphatic rings. The van der Waals surface area contributed by atoms with E-state index in [1.54, 1.807) is 0 Å². The van der Waals surface area contributed by atoms with Crippen LogP contribution in [0.25, 0.3) is 0 Å². The van der Waals surface area contributed by atoms with E-state index < -0.39 is 19.5 Å². The van der Waals surface area contributed by atoms with Crippen LogP contribution in [0.15, 0.2) is 12.2 Å². The first-order chi connectivity index (χ1) is 19.5. The summed E-state index contributed by atoms with van der Waals surface area (Å²) in [5, 5.41) is 10.0. The molecule has 0 bridgehead atoms. The Balaban J connectivity index is 3.55. The number of quaternary nitrogens is 1. The van der Waals surface area contributed by atoms with Crippen LogP contribution in [0.3, 0.4) is 0 Å². The van der Waals surface area contributed by atoms with Gasteiger partial charge in [0.2, 0.25) is 0 Å². The first kappa shape index (κ1) is 40.3. The van der Waals surface area contributed by atoms with Gasteiger partial charge < -0.3 is 23.7 Å². The molecule has 0 fully saturated rings. The number of allylic oxidation sites excluding steroid dienone is 2. The zero-order valence-electron chi connectivity index (χ0n) is 27.5. The highest BCUT2D eigenvalue weighted by Crippen LogP contribution is 2.51. The highest BCUT2D eigenvalue weighted by molar-refractivity contribution is 7.53. The molecule has 2 unspecified atom stereocenters. The van der Waals surface area contributed by atoms with Crippen LogP contribution in [0.2, 0.25) is 0 Å². The van der Waals surface area contributed by atoms with E-state index in [-0.39, 0.29) is 23.7 Å². The van der Waals surface area contributed by atoms with Gasteiger partial charge in [-0.25, -0.2) is 0 Å². The van der Waals surface area contributed by atoms with E-state index in [2.05, 4.69) is 19.1 Å². The molecule has 8 heteroatoms. The van der Waals surface area contributed by atoms with Crippen molar-refractivity contribution in [1.82, 2.24) is 0 Å². The lowest BCUT2D eigenvalue weighted by atomic mass is 10.0. The van der Waals surface area contributed by atoms with E-state index in [1.807, 2.05) is 28.1 Å². The van der Waals surface area contributed by atoms with Gasteiger partial charge in [-0.05, 0) is 32.1 Å². The molecule has 0 aliphatic carbocycles. The van der Waals surface area contributed by atoms with Crippen LogP contribution in [0.4, 0.5) is 0 Å². The van der Waals surface area contributed by atoms with Crippen molar-refractivity contribution in [3.8, 4) is 0 Å². The lowest BCUT2D eigenvalue weighted by Gasteiger charge is -2.35. The fraction of sp³-hybridized carbons (Fsp3) is 0.909. The van der Waals surface area contributed by atoms with E-state index in [9.17, 15) is 19.4 Å². The summed E-state index contributed by atoms with van der Waals surface area (Å²) in [4.78, 5) is 22.2. The van der Waals surface area contributed by atoms with Crippen molar-refractivity contribution in [2.24, 2.45) is 0 Å². The number of rotatable bonds is 29. The van der Waals surface area contributed by atoms with Gasteiger partial charge >= 0.3 is 13.6 Å². The number of esters is 1. The maximum absolute atomic E-state index is 12.5. The van der Waals surface area contributed by atoms with Crippen molar-refractivity contribution in [1.29, 1.82) is 0 Å².